The maximum atomic E-state index is 10.3. The summed E-state index contributed by atoms with van der Waals surface area (Å²) in [6, 6.07) is 15.9. The first-order valence-electron chi connectivity index (χ1n) is 7.60. The Morgan fingerprint density at radius 1 is 0.962 bits per heavy atom. The molecule has 1 N–H and O–H groups in total. The largest absolute Gasteiger partial charge is 0.548 e. The molecular formula is C18H20N2O6-2. The van der Waals surface area contributed by atoms with Crippen LogP contribution in [0.5, 0.6) is 5.75 Å². The number of carboxylic acid groups (broad SMARTS) is 2. The van der Waals surface area contributed by atoms with Gasteiger partial charge in [0.15, 0.2) is 0 Å². The summed E-state index contributed by atoms with van der Waals surface area (Å²) in [6.07, 6.45) is 0. The number of nitrogens with one attached hydrogen (secondary N) is 1. The maximum Gasteiger partial charge on any atom is 0.119 e. The minimum Gasteiger partial charge on any atom is -0.548 e. The molecule has 26 heavy (non-hydrogen) atoms. The number of carboxylic acids is 2. The average Bonchev–Trinajstić information content (AvgIpc) is 2.66. The van der Waals surface area contributed by atoms with Crippen molar-refractivity contribution in [1.82, 2.24) is 0 Å². The molecule has 8 nitrogen and oxygen atoms in total. The van der Waals surface area contributed by atoms with Crippen molar-refractivity contribution in [3.63, 3.8) is 0 Å². The predicted octanol–water partition coefficient (Wildman–Crippen LogP) is -0.339. The number of carbonyl (C=O) groups is 2. The minimum absolute atomic E-state index is 0.188. The Balaban J connectivity index is 0.000000260. The summed E-state index contributed by atoms with van der Waals surface area (Å²) in [5.41, 5.74) is 1.42. The first-order chi connectivity index (χ1) is 12.5. The van der Waals surface area contributed by atoms with E-state index in [-0.39, 0.29) is 13.1 Å². The standard InChI is InChI=1S/2C9H11NO3/c1-13-8-4-2-7(3-5-8)10-6-9(11)12;1-13-10(7-9(11)12)8-5-3-2-4-6-8/h2-5,10H,6H2,1H3,(H,11,12);2-6H,7H2,1H3,(H,11,12)/p-2. The highest BCUT2D eigenvalue weighted by molar-refractivity contribution is 5.71. The molecule has 0 spiro atoms. The lowest BCUT2D eigenvalue weighted by Gasteiger charge is -2.21. The fraction of sp³-hybridized carbons (Fsp3) is 0.222. The molecule has 0 heterocycles. The molecule has 2 rings (SSSR count). The third-order valence-electron chi connectivity index (χ3n) is 3.06. The first kappa shape index (κ1) is 20.8. The van der Waals surface area contributed by atoms with E-state index in [1.807, 2.05) is 6.07 Å². The fourth-order valence-corrected chi connectivity index (χ4v) is 1.86. The van der Waals surface area contributed by atoms with Gasteiger partial charge in [-0.3, -0.25) is 4.84 Å². The van der Waals surface area contributed by atoms with Gasteiger partial charge in [-0.05, 0) is 36.4 Å². The molecule has 0 radical (unpaired) electrons. The van der Waals surface area contributed by atoms with E-state index in [0.29, 0.717) is 5.69 Å². The number of para-hydroxylation sites is 1. The summed E-state index contributed by atoms with van der Waals surface area (Å²) in [5.74, 6) is -1.57. The molecule has 140 valence electrons. The molecule has 0 aromatic heterocycles. The summed E-state index contributed by atoms with van der Waals surface area (Å²) in [6.45, 7) is -0.465. The van der Waals surface area contributed by atoms with E-state index in [4.69, 9.17) is 9.57 Å². The van der Waals surface area contributed by atoms with Crippen LogP contribution in [0, 0.1) is 0 Å². The second kappa shape index (κ2) is 11.3. The second-order valence-electron chi connectivity index (χ2n) is 4.88. The van der Waals surface area contributed by atoms with Gasteiger partial charge in [-0.25, -0.2) is 5.06 Å². The van der Waals surface area contributed by atoms with Crippen molar-refractivity contribution in [2.75, 3.05) is 37.7 Å². The van der Waals surface area contributed by atoms with Crippen LogP contribution in [0.25, 0.3) is 0 Å². The summed E-state index contributed by atoms with van der Waals surface area (Å²) < 4.78 is 4.94. The summed E-state index contributed by atoms with van der Waals surface area (Å²) in [4.78, 5) is 25.3. The molecule has 0 fully saturated rings. The number of hydrogen-bond donors (Lipinski definition) is 1. The van der Waals surface area contributed by atoms with Crippen LogP contribution in [0.15, 0.2) is 54.6 Å². The van der Waals surface area contributed by atoms with Crippen LogP contribution in [0.1, 0.15) is 0 Å². The predicted molar refractivity (Wildman–Crippen MR) is 92.3 cm³/mol. The maximum absolute atomic E-state index is 10.3. The minimum atomic E-state index is -1.18. The Bertz CT molecular complexity index is 676. The highest BCUT2D eigenvalue weighted by atomic mass is 16.7. The smallest absolute Gasteiger partial charge is 0.119 e. The number of hydrogen-bond acceptors (Lipinski definition) is 8. The van der Waals surface area contributed by atoms with Crippen molar-refractivity contribution in [3.8, 4) is 5.75 Å². The Kier molecular flexibility index (Phi) is 9.05. The van der Waals surface area contributed by atoms with Crippen LogP contribution in [0.2, 0.25) is 0 Å². The molecule has 8 heteroatoms. The molecule has 0 bridgehead atoms. The summed E-state index contributed by atoms with van der Waals surface area (Å²) >= 11 is 0. The number of ether oxygens (including phenoxy) is 1. The molecule has 0 aliphatic rings. The highest BCUT2D eigenvalue weighted by Crippen LogP contribution is 2.14. The van der Waals surface area contributed by atoms with Crippen LogP contribution < -0.4 is 25.3 Å². The topological polar surface area (TPSA) is 114 Å². The Morgan fingerprint density at radius 2 is 1.58 bits per heavy atom. The zero-order valence-corrected chi connectivity index (χ0v) is 14.5. The monoisotopic (exact) mass is 360 g/mol. The zero-order valence-electron chi connectivity index (χ0n) is 14.5. The van der Waals surface area contributed by atoms with Crippen molar-refractivity contribution in [2.24, 2.45) is 0 Å². The van der Waals surface area contributed by atoms with Gasteiger partial charge in [-0.2, -0.15) is 0 Å². The molecule has 0 saturated heterocycles. The van der Waals surface area contributed by atoms with E-state index in [0.717, 1.165) is 11.4 Å². The van der Waals surface area contributed by atoms with E-state index < -0.39 is 11.9 Å². The second-order valence-corrected chi connectivity index (χ2v) is 4.88. The van der Waals surface area contributed by atoms with E-state index >= 15 is 0 Å². The molecule has 0 aliphatic heterocycles. The SMILES string of the molecule is CON(CC(=O)[O-])c1ccccc1.COc1ccc(NCC(=O)[O-])cc1. The van der Waals surface area contributed by atoms with E-state index in [9.17, 15) is 19.8 Å². The van der Waals surface area contributed by atoms with Crippen LogP contribution in [-0.4, -0.2) is 39.2 Å². The number of benzene rings is 2. The normalized spacial score (nSPS) is 9.46. The van der Waals surface area contributed by atoms with Gasteiger partial charge < -0.3 is 29.9 Å². The molecule has 0 saturated carbocycles. The molecule has 0 atom stereocenters. The summed E-state index contributed by atoms with van der Waals surface area (Å²) in [5, 5.41) is 24.3. The van der Waals surface area contributed by atoms with E-state index in [1.165, 1.54) is 12.2 Å². The molecule has 0 amide bonds. The van der Waals surface area contributed by atoms with Gasteiger partial charge >= 0.3 is 0 Å². The number of rotatable bonds is 8. The van der Waals surface area contributed by atoms with Gasteiger partial charge in [0.2, 0.25) is 0 Å². The number of carbonyl (C=O) groups excluding carboxylic acids is 2. The van der Waals surface area contributed by atoms with E-state index in [1.54, 1.807) is 55.6 Å². The molecule has 2 aromatic rings. The van der Waals surface area contributed by atoms with Crippen molar-refractivity contribution < 1.29 is 29.4 Å². The number of aliphatic carboxylic acids is 2. The van der Waals surface area contributed by atoms with Crippen molar-refractivity contribution in [1.29, 1.82) is 0 Å². The Labute approximate surface area is 151 Å². The number of methoxy groups -OCH3 is 1. The molecule has 0 aliphatic carbocycles. The van der Waals surface area contributed by atoms with Crippen molar-refractivity contribution >= 4 is 23.3 Å². The van der Waals surface area contributed by atoms with Gasteiger partial charge in [0.1, 0.15) is 5.75 Å². The average molecular weight is 360 g/mol. The van der Waals surface area contributed by atoms with E-state index in [2.05, 4.69) is 5.32 Å². The van der Waals surface area contributed by atoms with Gasteiger partial charge in [-0.1, -0.05) is 18.2 Å². The Hall–Kier alpha value is -3.26. The lowest BCUT2D eigenvalue weighted by Crippen LogP contribution is -2.37. The lowest BCUT2D eigenvalue weighted by atomic mass is 10.3. The molecule has 2 aromatic carbocycles. The number of nitrogens with zero attached hydrogens (tertiary/aromatic N) is 1. The lowest BCUT2D eigenvalue weighted by molar-refractivity contribution is -0.305. The van der Waals surface area contributed by atoms with Gasteiger partial charge in [-0.15, -0.1) is 0 Å². The van der Waals surface area contributed by atoms with Gasteiger partial charge in [0, 0.05) is 5.69 Å². The van der Waals surface area contributed by atoms with Crippen LogP contribution >= 0.6 is 0 Å². The van der Waals surface area contributed by atoms with Crippen LogP contribution in [0.3, 0.4) is 0 Å². The molecule has 0 unspecified atom stereocenters. The van der Waals surface area contributed by atoms with Crippen LogP contribution in [0.4, 0.5) is 11.4 Å². The van der Waals surface area contributed by atoms with Gasteiger partial charge in [0.05, 0.1) is 44.9 Å². The quantitative estimate of drug-likeness (QED) is 0.636. The zero-order chi connectivity index (χ0) is 19.4. The van der Waals surface area contributed by atoms with Gasteiger partial charge in [0.25, 0.3) is 0 Å². The van der Waals surface area contributed by atoms with Crippen molar-refractivity contribution in [3.05, 3.63) is 54.6 Å². The summed E-state index contributed by atoms with van der Waals surface area (Å²) in [7, 11) is 2.99. The van der Waals surface area contributed by atoms with Crippen LogP contribution in [-0.2, 0) is 14.4 Å². The highest BCUT2D eigenvalue weighted by Gasteiger charge is 2.03. The third-order valence-corrected chi connectivity index (χ3v) is 3.06. The number of hydroxylamine groups is 1. The first-order valence-corrected chi connectivity index (χ1v) is 7.60. The Morgan fingerprint density at radius 3 is 2.04 bits per heavy atom. The molecular weight excluding hydrogens is 340 g/mol. The van der Waals surface area contributed by atoms with Crippen molar-refractivity contribution in [2.45, 2.75) is 0 Å². The third kappa shape index (κ3) is 8.02. The number of anilines is 2. The fourth-order valence-electron chi connectivity index (χ4n) is 1.86.